The van der Waals surface area contributed by atoms with Crippen molar-refractivity contribution in [2.75, 3.05) is 0 Å². The molecule has 0 saturated heterocycles. The van der Waals surface area contributed by atoms with E-state index in [4.69, 9.17) is 28.3 Å². The second kappa shape index (κ2) is 5.88. The average molecular weight is 312 g/mol. The van der Waals surface area contributed by atoms with Crippen molar-refractivity contribution in [3.8, 4) is 0 Å². The Balaban J connectivity index is 2.99. The number of sulfonamides is 1. The number of nitrogens with one attached hydrogen (secondary N) is 1. The van der Waals surface area contributed by atoms with E-state index in [0.717, 1.165) is 0 Å². The summed E-state index contributed by atoms with van der Waals surface area (Å²) >= 11 is 11.5. The van der Waals surface area contributed by atoms with E-state index in [2.05, 4.69) is 4.72 Å². The van der Waals surface area contributed by atoms with Gasteiger partial charge in [0, 0.05) is 11.1 Å². The molecule has 0 radical (unpaired) electrons. The van der Waals surface area contributed by atoms with Gasteiger partial charge in [0.25, 0.3) is 0 Å². The first-order valence-corrected chi connectivity index (χ1v) is 7.15. The van der Waals surface area contributed by atoms with Gasteiger partial charge in [0.1, 0.15) is 4.90 Å². The van der Waals surface area contributed by atoms with Crippen LogP contribution in [0.15, 0.2) is 23.1 Å². The molecule has 0 aromatic heterocycles. The molecule has 1 aromatic rings. The quantitative estimate of drug-likeness (QED) is 0.872. The monoisotopic (exact) mass is 311 g/mol. The fourth-order valence-corrected chi connectivity index (χ4v) is 3.32. The molecule has 5 nitrogen and oxygen atoms in total. The number of hydrogen-bond donors (Lipinski definition) is 2. The highest BCUT2D eigenvalue weighted by molar-refractivity contribution is 7.89. The summed E-state index contributed by atoms with van der Waals surface area (Å²) in [4.78, 5) is 10.3. The third-order valence-electron chi connectivity index (χ3n) is 2.02. The van der Waals surface area contributed by atoms with Crippen molar-refractivity contribution in [1.29, 1.82) is 0 Å². The standard InChI is InChI=1S/C10H11Cl2NO4S/c1-6(4-10(14)15)13-18(16,17)9-5-7(11)2-3-8(9)12/h2-3,5-6,13H,4H2,1H3,(H,14,15)/t6-/m0/s1. The SMILES string of the molecule is C[C@@H](CC(=O)O)NS(=O)(=O)c1cc(Cl)ccc1Cl. The van der Waals surface area contributed by atoms with Crippen LogP contribution in [-0.4, -0.2) is 25.5 Å². The zero-order chi connectivity index (χ0) is 13.9. The van der Waals surface area contributed by atoms with Gasteiger partial charge in [-0.1, -0.05) is 23.2 Å². The van der Waals surface area contributed by atoms with Crippen LogP contribution in [0.25, 0.3) is 0 Å². The smallest absolute Gasteiger partial charge is 0.304 e. The largest absolute Gasteiger partial charge is 0.481 e. The van der Waals surface area contributed by atoms with Gasteiger partial charge in [-0.3, -0.25) is 4.79 Å². The maximum absolute atomic E-state index is 12.0. The molecule has 0 heterocycles. The first-order valence-electron chi connectivity index (χ1n) is 4.91. The molecule has 1 aromatic carbocycles. The Kier molecular flexibility index (Phi) is 4.98. The Morgan fingerprint density at radius 3 is 2.61 bits per heavy atom. The molecule has 2 N–H and O–H groups in total. The highest BCUT2D eigenvalue weighted by Crippen LogP contribution is 2.25. The normalized spacial score (nSPS) is 13.3. The topological polar surface area (TPSA) is 83.5 Å². The van der Waals surface area contributed by atoms with Crippen LogP contribution in [0, 0.1) is 0 Å². The molecule has 0 aliphatic rings. The predicted octanol–water partition coefficient (Wildman–Crippen LogP) is 2.13. The van der Waals surface area contributed by atoms with E-state index < -0.39 is 22.0 Å². The summed E-state index contributed by atoms with van der Waals surface area (Å²) < 4.78 is 26.1. The molecule has 0 aliphatic heterocycles. The van der Waals surface area contributed by atoms with Crippen LogP contribution in [0.1, 0.15) is 13.3 Å². The number of aliphatic carboxylic acids is 1. The number of carbonyl (C=O) groups is 1. The van der Waals surface area contributed by atoms with Crippen molar-refractivity contribution in [3.05, 3.63) is 28.2 Å². The van der Waals surface area contributed by atoms with Gasteiger partial charge >= 0.3 is 5.97 Å². The van der Waals surface area contributed by atoms with Crippen LogP contribution in [0.3, 0.4) is 0 Å². The van der Waals surface area contributed by atoms with E-state index in [-0.39, 0.29) is 21.4 Å². The van der Waals surface area contributed by atoms with Gasteiger partial charge in [0.05, 0.1) is 11.4 Å². The predicted molar refractivity (Wildman–Crippen MR) is 68.5 cm³/mol. The van der Waals surface area contributed by atoms with Crippen LogP contribution in [-0.2, 0) is 14.8 Å². The van der Waals surface area contributed by atoms with Crippen LogP contribution < -0.4 is 4.72 Å². The first-order chi connectivity index (χ1) is 8.22. The Labute approximate surface area is 115 Å². The van der Waals surface area contributed by atoms with E-state index in [1.807, 2.05) is 0 Å². The maximum atomic E-state index is 12.0. The van der Waals surface area contributed by atoms with Gasteiger partial charge < -0.3 is 5.11 Å². The van der Waals surface area contributed by atoms with E-state index >= 15 is 0 Å². The lowest BCUT2D eigenvalue weighted by molar-refractivity contribution is -0.137. The molecule has 0 unspecified atom stereocenters. The Morgan fingerprint density at radius 2 is 2.06 bits per heavy atom. The molecule has 0 spiro atoms. The van der Waals surface area contributed by atoms with Crippen molar-refractivity contribution in [3.63, 3.8) is 0 Å². The number of rotatable bonds is 5. The van der Waals surface area contributed by atoms with Crippen LogP contribution >= 0.6 is 23.2 Å². The van der Waals surface area contributed by atoms with Crippen molar-refractivity contribution in [2.45, 2.75) is 24.3 Å². The molecule has 0 fully saturated rings. The Bertz CT molecular complexity index is 559. The number of hydrogen-bond acceptors (Lipinski definition) is 3. The van der Waals surface area contributed by atoms with Crippen LogP contribution in [0.4, 0.5) is 0 Å². The minimum Gasteiger partial charge on any atom is -0.481 e. The summed E-state index contributed by atoms with van der Waals surface area (Å²) in [6, 6.07) is 3.28. The molecule has 1 atom stereocenters. The summed E-state index contributed by atoms with van der Waals surface area (Å²) in [5.74, 6) is -1.10. The molecule has 0 saturated carbocycles. The third kappa shape index (κ3) is 4.13. The molecule has 8 heteroatoms. The number of benzene rings is 1. The molecule has 100 valence electrons. The van der Waals surface area contributed by atoms with Crippen molar-refractivity contribution in [2.24, 2.45) is 0 Å². The minimum atomic E-state index is -3.89. The lowest BCUT2D eigenvalue weighted by Gasteiger charge is -2.13. The van der Waals surface area contributed by atoms with Gasteiger partial charge in [-0.15, -0.1) is 0 Å². The van der Waals surface area contributed by atoms with Gasteiger partial charge in [0.2, 0.25) is 10.0 Å². The molecule has 0 amide bonds. The van der Waals surface area contributed by atoms with Gasteiger partial charge in [0.15, 0.2) is 0 Å². The van der Waals surface area contributed by atoms with Gasteiger partial charge in [-0.05, 0) is 25.1 Å². The van der Waals surface area contributed by atoms with Crippen molar-refractivity contribution >= 4 is 39.2 Å². The highest BCUT2D eigenvalue weighted by atomic mass is 35.5. The van der Waals surface area contributed by atoms with Gasteiger partial charge in [-0.2, -0.15) is 0 Å². The van der Waals surface area contributed by atoms with Crippen molar-refractivity contribution in [1.82, 2.24) is 4.72 Å². The minimum absolute atomic E-state index is 0.0226. The molecule has 0 aliphatic carbocycles. The summed E-state index contributed by atoms with van der Waals surface area (Å²) in [5.41, 5.74) is 0. The Hall–Kier alpha value is -0.820. The first kappa shape index (κ1) is 15.2. The van der Waals surface area contributed by atoms with E-state index in [0.29, 0.717) is 0 Å². The summed E-state index contributed by atoms with van der Waals surface area (Å²) in [5, 5.41) is 8.82. The zero-order valence-corrected chi connectivity index (χ0v) is 11.7. The van der Waals surface area contributed by atoms with Crippen molar-refractivity contribution < 1.29 is 18.3 Å². The number of carboxylic acid groups (broad SMARTS) is 1. The van der Waals surface area contributed by atoms with Crippen LogP contribution in [0.5, 0.6) is 0 Å². The number of halogens is 2. The molecule has 1 rings (SSSR count). The summed E-state index contributed by atoms with van der Waals surface area (Å²) in [6.07, 6.45) is -0.322. The molecular formula is C10H11Cl2NO4S. The Morgan fingerprint density at radius 1 is 1.44 bits per heavy atom. The van der Waals surface area contributed by atoms with Crippen LogP contribution in [0.2, 0.25) is 10.0 Å². The third-order valence-corrected chi connectivity index (χ3v) is 4.33. The van der Waals surface area contributed by atoms with E-state index in [9.17, 15) is 13.2 Å². The molecule has 18 heavy (non-hydrogen) atoms. The maximum Gasteiger partial charge on any atom is 0.304 e. The van der Waals surface area contributed by atoms with E-state index in [1.54, 1.807) is 0 Å². The molecule has 0 bridgehead atoms. The highest BCUT2D eigenvalue weighted by Gasteiger charge is 2.21. The fraction of sp³-hybridized carbons (Fsp3) is 0.300. The lowest BCUT2D eigenvalue weighted by Crippen LogP contribution is -2.34. The van der Waals surface area contributed by atoms with Gasteiger partial charge in [-0.25, -0.2) is 13.1 Å². The fourth-order valence-electron chi connectivity index (χ4n) is 1.32. The zero-order valence-electron chi connectivity index (χ0n) is 9.35. The number of carboxylic acids is 1. The summed E-state index contributed by atoms with van der Waals surface area (Å²) in [7, 11) is -3.89. The average Bonchev–Trinajstić information content (AvgIpc) is 2.19. The van der Waals surface area contributed by atoms with E-state index in [1.165, 1.54) is 25.1 Å². The molecular weight excluding hydrogens is 301 g/mol. The lowest BCUT2D eigenvalue weighted by atomic mass is 10.3. The summed E-state index contributed by atoms with van der Waals surface area (Å²) in [6.45, 7) is 1.45. The second-order valence-electron chi connectivity index (χ2n) is 3.69. The second-order valence-corrected chi connectivity index (χ2v) is 6.22.